The third-order valence-electron chi connectivity index (χ3n) is 3.71. The van der Waals surface area contributed by atoms with Crippen molar-refractivity contribution in [3.8, 4) is 0 Å². The average Bonchev–Trinajstić information content (AvgIpc) is 2.40. The highest BCUT2D eigenvalue weighted by atomic mass is 16.3. The number of aliphatic hydroxyl groups is 1. The number of rotatable bonds is 4. The van der Waals surface area contributed by atoms with Gasteiger partial charge in [0.2, 0.25) is 0 Å². The Bertz CT molecular complexity index is 391. The van der Waals surface area contributed by atoms with Crippen molar-refractivity contribution in [3.05, 3.63) is 23.9 Å². The van der Waals surface area contributed by atoms with E-state index in [2.05, 4.69) is 48.1 Å². The molecule has 0 spiro atoms. The molecular formula is C15H25N3O. The predicted octanol–water partition coefficient (Wildman–Crippen LogP) is 1.79. The predicted molar refractivity (Wildman–Crippen MR) is 78.2 cm³/mol. The zero-order chi connectivity index (χ0) is 13.8. The van der Waals surface area contributed by atoms with Crippen LogP contribution in [0, 0.1) is 5.92 Å². The molecule has 2 unspecified atom stereocenters. The van der Waals surface area contributed by atoms with Crippen LogP contribution in [0.5, 0.6) is 0 Å². The van der Waals surface area contributed by atoms with Gasteiger partial charge in [-0.15, -0.1) is 0 Å². The topological polar surface area (TPSA) is 48.4 Å². The van der Waals surface area contributed by atoms with Crippen LogP contribution in [0.25, 0.3) is 0 Å². The quantitative estimate of drug-likeness (QED) is 0.869. The molecule has 0 amide bonds. The lowest BCUT2D eigenvalue weighted by atomic mass is 9.97. The van der Waals surface area contributed by atoms with Gasteiger partial charge in [0.15, 0.2) is 0 Å². The number of nitrogens with one attached hydrogen (secondary N) is 1. The molecule has 0 bridgehead atoms. The van der Waals surface area contributed by atoms with Gasteiger partial charge in [-0.2, -0.15) is 0 Å². The smallest absolute Gasteiger partial charge is 0.128 e. The lowest BCUT2D eigenvalue weighted by Gasteiger charge is -2.35. The van der Waals surface area contributed by atoms with E-state index in [4.69, 9.17) is 0 Å². The minimum atomic E-state index is -0.161. The molecule has 19 heavy (non-hydrogen) atoms. The summed E-state index contributed by atoms with van der Waals surface area (Å²) in [4.78, 5) is 6.81. The summed E-state index contributed by atoms with van der Waals surface area (Å²) in [7, 11) is 0. The van der Waals surface area contributed by atoms with Crippen molar-refractivity contribution < 1.29 is 5.11 Å². The van der Waals surface area contributed by atoms with Crippen molar-refractivity contribution >= 4 is 5.82 Å². The van der Waals surface area contributed by atoms with E-state index < -0.39 is 0 Å². The molecule has 1 aliphatic rings. The first-order chi connectivity index (χ1) is 9.06. The number of hydrogen-bond donors (Lipinski definition) is 2. The van der Waals surface area contributed by atoms with Gasteiger partial charge in [0.05, 0.1) is 6.10 Å². The number of aliphatic hydroxyl groups excluding tert-OH is 1. The van der Waals surface area contributed by atoms with E-state index in [0.29, 0.717) is 12.0 Å². The maximum Gasteiger partial charge on any atom is 0.128 e. The number of hydrogen-bond acceptors (Lipinski definition) is 4. The molecule has 1 aromatic rings. The first-order valence-electron chi connectivity index (χ1n) is 7.17. The molecule has 1 saturated heterocycles. The highest BCUT2D eigenvalue weighted by molar-refractivity contribution is 5.40. The van der Waals surface area contributed by atoms with E-state index in [1.54, 1.807) is 0 Å². The summed E-state index contributed by atoms with van der Waals surface area (Å²) in [6.07, 6.45) is 2.62. The number of anilines is 1. The molecule has 2 heterocycles. The van der Waals surface area contributed by atoms with Crippen LogP contribution in [0.4, 0.5) is 5.82 Å². The first kappa shape index (κ1) is 14.3. The van der Waals surface area contributed by atoms with Gasteiger partial charge in [-0.1, -0.05) is 26.8 Å². The van der Waals surface area contributed by atoms with Gasteiger partial charge in [0.25, 0.3) is 0 Å². The fourth-order valence-electron chi connectivity index (χ4n) is 2.37. The minimum Gasteiger partial charge on any atom is -0.393 e. The van der Waals surface area contributed by atoms with Crippen molar-refractivity contribution in [2.45, 2.75) is 45.9 Å². The Hall–Kier alpha value is -1.13. The molecule has 2 N–H and O–H groups in total. The number of nitrogens with zero attached hydrogens (tertiary/aromatic N) is 2. The van der Waals surface area contributed by atoms with Gasteiger partial charge in [-0.05, 0) is 24.0 Å². The Balaban J connectivity index is 1.94. The van der Waals surface area contributed by atoms with E-state index >= 15 is 0 Å². The molecule has 0 radical (unpaired) electrons. The Labute approximate surface area is 115 Å². The van der Waals surface area contributed by atoms with Gasteiger partial charge in [0, 0.05) is 31.9 Å². The lowest BCUT2D eigenvalue weighted by Crippen LogP contribution is -2.42. The highest BCUT2D eigenvalue weighted by Gasteiger charge is 2.24. The second-order valence-electron chi connectivity index (χ2n) is 5.84. The second kappa shape index (κ2) is 6.35. The molecular weight excluding hydrogens is 238 g/mol. The summed E-state index contributed by atoms with van der Waals surface area (Å²) in [5, 5.41) is 13.1. The Morgan fingerprint density at radius 2 is 2.26 bits per heavy atom. The second-order valence-corrected chi connectivity index (χ2v) is 5.84. The monoisotopic (exact) mass is 263 g/mol. The van der Waals surface area contributed by atoms with Crippen LogP contribution in [0.3, 0.4) is 0 Å². The number of pyridine rings is 1. The number of piperidine rings is 1. The first-order valence-corrected chi connectivity index (χ1v) is 7.17. The molecule has 0 aromatic carbocycles. The van der Waals surface area contributed by atoms with E-state index in [1.165, 1.54) is 5.56 Å². The third kappa shape index (κ3) is 3.91. The summed E-state index contributed by atoms with van der Waals surface area (Å²) < 4.78 is 0. The van der Waals surface area contributed by atoms with Crippen molar-refractivity contribution in [3.63, 3.8) is 0 Å². The molecule has 4 heteroatoms. The van der Waals surface area contributed by atoms with Gasteiger partial charge in [-0.3, -0.25) is 0 Å². The molecule has 0 aliphatic carbocycles. The summed E-state index contributed by atoms with van der Waals surface area (Å²) in [5.41, 5.74) is 1.21. The zero-order valence-corrected chi connectivity index (χ0v) is 12.1. The van der Waals surface area contributed by atoms with Crippen LogP contribution >= 0.6 is 0 Å². The van der Waals surface area contributed by atoms with Gasteiger partial charge >= 0.3 is 0 Å². The average molecular weight is 263 g/mol. The minimum absolute atomic E-state index is 0.161. The largest absolute Gasteiger partial charge is 0.393 e. The maximum atomic E-state index is 9.75. The van der Waals surface area contributed by atoms with Crippen molar-refractivity contribution in [2.24, 2.45) is 5.92 Å². The fraction of sp³-hybridized carbons (Fsp3) is 0.667. The summed E-state index contributed by atoms with van der Waals surface area (Å²) >= 11 is 0. The Morgan fingerprint density at radius 1 is 1.47 bits per heavy atom. The molecule has 1 aromatic heterocycles. The van der Waals surface area contributed by atoms with E-state index in [9.17, 15) is 5.11 Å². The van der Waals surface area contributed by atoms with Crippen molar-refractivity contribution in [1.29, 1.82) is 0 Å². The van der Waals surface area contributed by atoms with Crippen LogP contribution in [0.1, 0.15) is 32.8 Å². The van der Waals surface area contributed by atoms with Crippen molar-refractivity contribution in [2.75, 3.05) is 18.0 Å². The molecule has 106 valence electrons. The van der Waals surface area contributed by atoms with Crippen LogP contribution < -0.4 is 10.2 Å². The van der Waals surface area contributed by atoms with Gasteiger partial charge < -0.3 is 15.3 Å². The van der Waals surface area contributed by atoms with Crippen LogP contribution in [-0.2, 0) is 6.54 Å². The van der Waals surface area contributed by atoms with Gasteiger partial charge in [-0.25, -0.2) is 4.98 Å². The summed E-state index contributed by atoms with van der Waals surface area (Å²) in [6.45, 7) is 9.02. The fourth-order valence-corrected chi connectivity index (χ4v) is 2.37. The zero-order valence-electron chi connectivity index (χ0n) is 12.1. The van der Waals surface area contributed by atoms with E-state index in [1.807, 2.05) is 6.20 Å². The third-order valence-corrected chi connectivity index (χ3v) is 3.71. The summed E-state index contributed by atoms with van der Waals surface area (Å²) in [6, 6.07) is 4.71. The Morgan fingerprint density at radius 3 is 2.84 bits per heavy atom. The SMILES string of the molecule is CC(C)NCc1ccc(N2CCC(O)C(C)C2)nc1. The summed E-state index contributed by atoms with van der Waals surface area (Å²) in [5.74, 6) is 1.34. The number of aromatic nitrogens is 1. The molecule has 1 aliphatic heterocycles. The maximum absolute atomic E-state index is 9.75. The van der Waals surface area contributed by atoms with E-state index in [0.717, 1.165) is 31.9 Å². The van der Waals surface area contributed by atoms with Gasteiger partial charge in [0.1, 0.15) is 5.82 Å². The normalized spacial score (nSPS) is 23.9. The van der Waals surface area contributed by atoms with Crippen LogP contribution in [0.2, 0.25) is 0 Å². The van der Waals surface area contributed by atoms with Crippen LogP contribution in [-0.4, -0.2) is 35.3 Å². The molecule has 2 atom stereocenters. The Kier molecular flexibility index (Phi) is 4.77. The highest BCUT2D eigenvalue weighted by Crippen LogP contribution is 2.21. The molecule has 1 fully saturated rings. The van der Waals surface area contributed by atoms with E-state index in [-0.39, 0.29) is 6.10 Å². The molecule has 2 rings (SSSR count). The standard InChI is InChI=1S/C15H25N3O/c1-11(2)16-8-13-4-5-15(17-9-13)18-7-6-14(19)12(3)10-18/h4-5,9,11-12,14,16,19H,6-8,10H2,1-3H3. The molecule has 0 saturated carbocycles. The lowest BCUT2D eigenvalue weighted by molar-refractivity contribution is 0.0969. The molecule has 4 nitrogen and oxygen atoms in total. The van der Waals surface area contributed by atoms with Crippen LogP contribution in [0.15, 0.2) is 18.3 Å². The van der Waals surface area contributed by atoms with Crippen molar-refractivity contribution in [1.82, 2.24) is 10.3 Å².